The summed E-state index contributed by atoms with van der Waals surface area (Å²) in [4.78, 5) is 17.0. The Kier molecular flexibility index (Phi) is 6.47. The molecule has 1 saturated heterocycles. The number of benzene rings is 2. The van der Waals surface area contributed by atoms with Gasteiger partial charge in [-0.1, -0.05) is 63.2 Å². The van der Waals surface area contributed by atoms with Crippen LogP contribution >= 0.6 is 12.2 Å². The lowest BCUT2D eigenvalue weighted by molar-refractivity contribution is 0.0969. The highest BCUT2D eigenvalue weighted by atomic mass is 32.1. The van der Waals surface area contributed by atoms with Gasteiger partial charge in [-0.25, -0.2) is 0 Å². The molecule has 0 aromatic heterocycles. The topological polar surface area (TPSA) is 35.6 Å². The molecule has 1 heterocycles. The van der Waals surface area contributed by atoms with Crippen LogP contribution in [0.1, 0.15) is 42.3 Å². The first-order chi connectivity index (χ1) is 13.3. The summed E-state index contributed by atoms with van der Waals surface area (Å²) in [7, 11) is 0. The van der Waals surface area contributed by atoms with Gasteiger partial charge in [0, 0.05) is 38.3 Å². The van der Waals surface area contributed by atoms with Crippen molar-refractivity contribution >= 4 is 23.2 Å². The average Bonchev–Trinajstić information content (AvgIpc) is 2.68. The second-order valence-corrected chi connectivity index (χ2v) is 8.72. The Labute approximate surface area is 173 Å². The molecule has 148 valence electrons. The van der Waals surface area contributed by atoms with Crippen LogP contribution in [0.4, 0.5) is 0 Å². The molecule has 1 amide bonds. The van der Waals surface area contributed by atoms with Crippen LogP contribution in [0.2, 0.25) is 0 Å². The molecule has 5 heteroatoms. The molecule has 4 nitrogen and oxygen atoms in total. The normalized spacial score (nSPS) is 15.3. The Morgan fingerprint density at radius 1 is 0.964 bits per heavy atom. The summed E-state index contributed by atoms with van der Waals surface area (Å²) >= 11 is 5.48. The van der Waals surface area contributed by atoms with Gasteiger partial charge in [-0.15, -0.1) is 0 Å². The van der Waals surface area contributed by atoms with Crippen molar-refractivity contribution < 1.29 is 4.79 Å². The van der Waals surface area contributed by atoms with Crippen LogP contribution in [0.15, 0.2) is 54.6 Å². The van der Waals surface area contributed by atoms with Crippen molar-refractivity contribution in [3.63, 3.8) is 0 Å². The lowest BCUT2D eigenvalue weighted by Gasteiger charge is -2.36. The summed E-state index contributed by atoms with van der Waals surface area (Å²) in [5.74, 6) is -0.142. The van der Waals surface area contributed by atoms with Crippen LogP contribution in [0.25, 0.3) is 0 Å². The Hall–Kier alpha value is -2.24. The maximum atomic E-state index is 12.5. The number of thiocarbonyl (C=S) groups is 1. The first-order valence-corrected chi connectivity index (χ1v) is 10.2. The van der Waals surface area contributed by atoms with Crippen molar-refractivity contribution in [2.45, 2.75) is 32.7 Å². The monoisotopic (exact) mass is 395 g/mol. The van der Waals surface area contributed by atoms with Crippen LogP contribution < -0.4 is 5.32 Å². The van der Waals surface area contributed by atoms with E-state index in [2.05, 4.69) is 60.2 Å². The molecular weight excluding hydrogens is 366 g/mol. The molecule has 0 radical (unpaired) electrons. The summed E-state index contributed by atoms with van der Waals surface area (Å²) in [6.45, 7) is 11.0. The summed E-state index contributed by atoms with van der Waals surface area (Å²) in [5, 5.41) is 3.41. The van der Waals surface area contributed by atoms with Crippen LogP contribution in [0.3, 0.4) is 0 Å². The minimum absolute atomic E-state index is 0.0731. The third-order valence-corrected chi connectivity index (χ3v) is 5.50. The van der Waals surface area contributed by atoms with Crippen molar-refractivity contribution in [3.05, 3.63) is 71.3 Å². The number of carbonyl (C=O) groups is 1. The highest BCUT2D eigenvalue weighted by Gasteiger charge is 2.21. The number of nitrogens with zero attached hydrogens (tertiary/aromatic N) is 2. The predicted molar refractivity (Wildman–Crippen MR) is 118 cm³/mol. The van der Waals surface area contributed by atoms with Gasteiger partial charge in [-0.05, 0) is 40.9 Å². The third-order valence-electron chi connectivity index (χ3n) is 5.14. The van der Waals surface area contributed by atoms with Crippen LogP contribution in [-0.4, -0.2) is 47.0 Å². The number of hydrogen-bond donors (Lipinski definition) is 1. The van der Waals surface area contributed by atoms with Crippen molar-refractivity contribution in [2.24, 2.45) is 0 Å². The number of hydrogen-bond acceptors (Lipinski definition) is 3. The summed E-state index contributed by atoms with van der Waals surface area (Å²) in [6.07, 6.45) is 0. The molecular formula is C23H29N3OS. The van der Waals surface area contributed by atoms with Gasteiger partial charge in [-0.3, -0.25) is 15.0 Å². The minimum atomic E-state index is -0.142. The van der Waals surface area contributed by atoms with Crippen molar-refractivity contribution in [1.82, 2.24) is 15.1 Å². The zero-order valence-electron chi connectivity index (χ0n) is 16.9. The summed E-state index contributed by atoms with van der Waals surface area (Å²) in [5.41, 5.74) is 3.24. The second kappa shape index (κ2) is 8.84. The van der Waals surface area contributed by atoms with Crippen LogP contribution in [0.5, 0.6) is 0 Å². The molecule has 0 unspecified atom stereocenters. The van der Waals surface area contributed by atoms with E-state index in [0.29, 0.717) is 10.7 Å². The fourth-order valence-electron chi connectivity index (χ4n) is 3.32. The van der Waals surface area contributed by atoms with E-state index in [1.165, 1.54) is 11.1 Å². The molecule has 28 heavy (non-hydrogen) atoms. The largest absolute Gasteiger partial charge is 0.346 e. The first kappa shape index (κ1) is 20.5. The molecule has 2 aromatic rings. The van der Waals surface area contributed by atoms with Crippen molar-refractivity contribution in [1.29, 1.82) is 0 Å². The molecule has 1 aliphatic rings. The number of amides is 1. The second-order valence-electron chi connectivity index (χ2n) is 8.34. The Balaban J connectivity index is 1.49. The van der Waals surface area contributed by atoms with Crippen molar-refractivity contribution in [3.8, 4) is 0 Å². The lowest BCUT2D eigenvalue weighted by atomic mass is 9.87. The van der Waals surface area contributed by atoms with Gasteiger partial charge in [0.25, 0.3) is 5.91 Å². The third kappa shape index (κ3) is 5.40. The quantitative estimate of drug-likeness (QED) is 0.802. The van der Waals surface area contributed by atoms with Crippen LogP contribution in [0, 0.1) is 0 Å². The first-order valence-electron chi connectivity index (χ1n) is 9.80. The van der Waals surface area contributed by atoms with Gasteiger partial charge in [0.2, 0.25) is 0 Å². The molecule has 0 aliphatic carbocycles. The number of nitrogens with one attached hydrogen (secondary N) is 1. The molecule has 3 rings (SSSR count). The highest BCUT2D eigenvalue weighted by Crippen LogP contribution is 2.22. The van der Waals surface area contributed by atoms with Crippen LogP contribution in [-0.2, 0) is 12.0 Å². The maximum Gasteiger partial charge on any atom is 0.257 e. The minimum Gasteiger partial charge on any atom is -0.346 e. The molecule has 1 N–H and O–H groups in total. The van der Waals surface area contributed by atoms with Gasteiger partial charge in [0.1, 0.15) is 0 Å². The van der Waals surface area contributed by atoms with E-state index < -0.39 is 0 Å². The zero-order chi connectivity index (χ0) is 20.1. The van der Waals surface area contributed by atoms with E-state index in [9.17, 15) is 4.79 Å². The molecule has 2 aromatic carbocycles. The Morgan fingerprint density at radius 2 is 1.57 bits per heavy atom. The van der Waals surface area contributed by atoms with E-state index in [-0.39, 0.29) is 11.3 Å². The predicted octanol–water partition coefficient (Wildman–Crippen LogP) is 3.82. The molecule has 0 saturated carbocycles. The van der Waals surface area contributed by atoms with Gasteiger partial charge < -0.3 is 4.90 Å². The number of rotatable bonds is 3. The Morgan fingerprint density at radius 3 is 2.14 bits per heavy atom. The fourth-order valence-corrected chi connectivity index (χ4v) is 3.60. The molecule has 1 fully saturated rings. The van der Waals surface area contributed by atoms with Crippen molar-refractivity contribution in [2.75, 3.05) is 26.2 Å². The summed E-state index contributed by atoms with van der Waals surface area (Å²) < 4.78 is 0. The molecule has 0 spiro atoms. The van der Waals surface area contributed by atoms with E-state index in [0.717, 1.165) is 32.7 Å². The lowest BCUT2D eigenvalue weighted by Crippen LogP contribution is -2.52. The fraction of sp³-hybridized carbons (Fsp3) is 0.391. The summed E-state index contributed by atoms with van der Waals surface area (Å²) in [6, 6.07) is 18.3. The van der Waals surface area contributed by atoms with E-state index in [1.807, 2.05) is 30.3 Å². The zero-order valence-corrected chi connectivity index (χ0v) is 17.8. The molecule has 0 atom stereocenters. The SMILES string of the molecule is CC(C)(C)c1ccc(C(=O)NC(=S)N2CCN(Cc3ccccc3)CC2)cc1. The smallest absolute Gasteiger partial charge is 0.257 e. The number of carbonyl (C=O) groups excluding carboxylic acids is 1. The number of piperazine rings is 1. The average molecular weight is 396 g/mol. The highest BCUT2D eigenvalue weighted by molar-refractivity contribution is 7.80. The Bertz CT molecular complexity index is 804. The van der Waals surface area contributed by atoms with E-state index in [1.54, 1.807) is 0 Å². The van der Waals surface area contributed by atoms with E-state index in [4.69, 9.17) is 12.2 Å². The van der Waals surface area contributed by atoms with E-state index >= 15 is 0 Å². The van der Waals surface area contributed by atoms with Gasteiger partial charge in [0.15, 0.2) is 5.11 Å². The van der Waals surface area contributed by atoms with Gasteiger partial charge >= 0.3 is 0 Å². The van der Waals surface area contributed by atoms with Gasteiger partial charge in [0.05, 0.1) is 0 Å². The maximum absolute atomic E-state index is 12.5. The standard InChI is InChI=1S/C23H29N3OS/c1-23(2,3)20-11-9-19(10-12-20)21(27)24-22(28)26-15-13-25(14-16-26)17-18-7-5-4-6-8-18/h4-12H,13-17H2,1-3H3,(H,24,27,28). The molecule has 1 aliphatic heterocycles. The molecule has 0 bridgehead atoms. The van der Waals surface area contributed by atoms with Gasteiger partial charge in [-0.2, -0.15) is 0 Å².